The minimum absolute atomic E-state index is 0.0121. The van der Waals surface area contributed by atoms with Crippen LogP contribution in [0, 0.1) is 0 Å². The minimum atomic E-state index is -0.176. The Balaban J connectivity index is 2.17. The fourth-order valence-electron chi connectivity index (χ4n) is 2.93. The van der Waals surface area contributed by atoms with Crippen LogP contribution in [0.5, 0.6) is 11.5 Å². The van der Waals surface area contributed by atoms with Gasteiger partial charge in [0.2, 0.25) is 11.8 Å². The van der Waals surface area contributed by atoms with Crippen LogP contribution >= 0.6 is 0 Å². The monoisotopic (exact) mass is 334 g/mol. The standard InChI is InChI=1S/C18H26N2O4/c1-14(21)20(13-18(22)19-10-6-4-5-7-11-19)15-8-9-16(23-2)17(12-15)24-3/h8-9,12H,4-7,10-11,13H2,1-3H3. The Morgan fingerprint density at radius 3 is 2.21 bits per heavy atom. The number of nitrogens with zero attached hydrogens (tertiary/aromatic N) is 2. The molecule has 0 atom stereocenters. The van der Waals surface area contributed by atoms with E-state index in [4.69, 9.17) is 9.47 Å². The number of amides is 2. The molecule has 1 fully saturated rings. The third-order valence-corrected chi connectivity index (χ3v) is 4.31. The Labute approximate surface area is 143 Å². The van der Waals surface area contributed by atoms with E-state index in [1.165, 1.54) is 11.8 Å². The van der Waals surface area contributed by atoms with Crippen LogP contribution in [0.25, 0.3) is 0 Å². The van der Waals surface area contributed by atoms with Gasteiger partial charge in [0.15, 0.2) is 11.5 Å². The first-order valence-electron chi connectivity index (χ1n) is 8.34. The maximum atomic E-state index is 12.6. The molecule has 132 valence electrons. The number of benzene rings is 1. The summed E-state index contributed by atoms with van der Waals surface area (Å²) < 4.78 is 10.5. The predicted octanol–water partition coefficient (Wildman–Crippen LogP) is 2.46. The molecule has 0 spiro atoms. The number of likely N-dealkylation sites (tertiary alicyclic amines) is 1. The maximum absolute atomic E-state index is 12.6. The first-order valence-corrected chi connectivity index (χ1v) is 8.34. The Bertz CT molecular complexity index is 580. The minimum Gasteiger partial charge on any atom is -0.493 e. The van der Waals surface area contributed by atoms with Gasteiger partial charge in [0, 0.05) is 31.8 Å². The molecule has 24 heavy (non-hydrogen) atoms. The number of carbonyl (C=O) groups is 2. The highest BCUT2D eigenvalue weighted by Gasteiger charge is 2.22. The lowest BCUT2D eigenvalue weighted by atomic mass is 10.2. The summed E-state index contributed by atoms with van der Waals surface area (Å²) in [6.07, 6.45) is 4.39. The Morgan fingerprint density at radius 1 is 1.04 bits per heavy atom. The molecule has 0 aromatic heterocycles. The number of methoxy groups -OCH3 is 2. The number of hydrogen-bond acceptors (Lipinski definition) is 4. The van der Waals surface area contributed by atoms with Gasteiger partial charge >= 0.3 is 0 Å². The zero-order valence-corrected chi connectivity index (χ0v) is 14.7. The van der Waals surface area contributed by atoms with Crippen molar-refractivity contribution in [2.75, 3.05) is 38.8 Å². The van der Waals surface area contributed by atoms with E-state index in [-0.39, 0.29) is 18.4 Å². The summed E-state index contributed by atoms with van der Waals surface area (Å²) in [5.41, 5.74) is 0.628. The molecule has 1 aliphatic heterocycles. The van der Waals surface area contributed by atoms with Crippen LogP contribution in [-0.4, -0.2) is 50.6 Å². The van der Waals surface area contributed by atoms with Crippen LogP contribution in [0.3, 0.4) is 0 Å². The quantitative estimate of drug-likeness (QED) is 0.830. The molecule has 0 bridgehead atoms. The van der Waals surface area contributed by atoms with Crippen LogP contribution < -0.4 is 14.4 Å². The van der Waals surface area contributed by atoms with E-state index in [0.717, 1.165) is 38.8 Å². The second-order valence-electron chi connectivity index (χ2n) is 5.94. The number of rotatable bonds is 5. The normalized spacial score (nSPS) is 14.7. The zero-order valence-electron chi connectivity index (χ0n) is 14.7. The Hall–Kier alpha value is -2.24. The molecule has 0 radical (unpaired) electrons. The highest BCUT2D eigenvalue weighted by molar-refractivity contribution is 5.97. The van der Waals surface area contributed by atoms with Crippen LogP contribution in [0.15, 0.2) is 18.2 Å². The first kappa shape index (κ1) is 18.1. The number of hydrogen-bond donors (Lipinski definition) is 0. The molecule has 0 saturated carbocycles. The second-order valence-corrected chi connectivity index (χ2v) is 5.94. The van der Waals surface area contributed by atoms with E-state index in [2.05, 4.69) is 0 Å². The number of carbonyl (C=O) groups excluding carboxylic acids is 2. The lowest BCUT2D eigenvalue weighted by Crippen LogP contribution is -2.42. The maximum Gasteiger partial charge on any atom is 0.242 e. The zero-order chi connectivity index (χ0) is 17.5. The van der Waals surface area contributed by atoms with Gasteiger partial charge < -0.3 is 19.3 Å². The third-order valence-electron chi connectivity index (χ3n) is 4.31. The molecular formula is C18H26N2O4. The Kier molecular flexibility index (Phi) is 6.46. The van der Waals surface area contributed by atoms with E-state index in [1.54, 1.807) is 32.4 Å². The van der Waals surface area contributed by atoms with Gasteiger partial charge in [-0.3, -0.25) is 9.59 Å². The van der Waals surface area contributed by atoms with E-state index in [0.29, 0.717) is 17.2 Å². The van der Waals surface area contributed by atoms with Gasteiger partial charge in [0.1, 0.15) is 6.54 Å². The predicted molar refractivity (Wildman–Crippen MR) is 92.6 cm³/mol. The summed E-state index contributed by atoms with van der Waals surface area (Å²) in [7, 11) is 3.10. The molecule has 2 rings (SSSR count). The van der Waals surface area contributed by atoms with E-state index < -0.39 is 0 Å². The molecule has 1 aliphatic rings. The van der Waals surface area contributed by atoms with Gasteiger partial charge in [-0.15, -0.1) is 0 Å². The van der Waals surface area contributed by atoms with Crippen molar-refractivity contribution < 1.29 is 19.1 Å². The van der Waals surface area contributed by atoms with Crippen molar-refractivity contribution in [3.63, 3.8) is 0 Å². The van der Waals surface area contributed by atoms with Gasteiger partial charge in [-0.25, -0.2) is 0 Å². The second kappa shape index (κ2) is 8.57. The first-order chi connectivity index (χ1) is 11.6. The topological polar surface area (TPSA) is 59.1 Å². The lowest BCUT2D eigenvalue weighted by molar-refractivity contribution is -0.131. The van der Waals surface area contributed by atoms with E-state index >= 15 is 0 Å². The molecule has 1 saturated heterocycles. The van der Waals surface area contributed by atoms with Crippen LogP contribution in [-0.2, 0) is 9.59 Å². The fourth-order valence-corrected chi connectivity index (χ4v) is 2.93. The summed E-state index contributed by atoms with van der Waals surface area (Å²) in [5, 5.41) is 0. The molecule has 2 amide bonds. The largest absolute Gasteiger partial charge is 0.493 e. The molecule has 0 N–H and O–H groups in total. The molecule has 0 aliphatic carbocycles. The highest BCUT2D eigenvalue weighted by atomic mass is 16.5. The van der Waals surface area contributed by atoms with Crippen molar-refractivity contribution in [3.05, 3.63) is 18.2 Å². The van der Waals surface area contributed by atoms with Crippen molar-refractivity contribution in [1.29, 1.82) is 0 Å². The number of anilines is 1. The fraction of sp³-hybridized carbons (Fsp3) is 0.556. The van der Waals surface area contributed by atoms with Gasteiger partial charge in [-0.05, 0) is 25.0 Å². The molecule has 6 heteroatoms. The van der Waals surface area contributed by atoms with E-state index in [1.807, 2.05) is 4.90 Å². The van der Waals surface area contributed by atoms with Gasteiger partial charge in [-0.2, -0.15) is 0 Å². The molecule has 1 heterocycles. The SMILES string of the molecule is COc1ccc(N(CC(=O)N2CCCCCC2)C(C)=O)cc1OC. The Morgan fingerprint density at radius 2 is 1.67 bits per heavy atom. The van der Waals surface area contributed by atoms with Gasteiger partial charge in [0.05, 0.1) is 14.2 Å². The highest BCUT2D eigenvalue weighted by Crippen LogP contribution is 2.31. The molecular weight excluding hydrogens is 308 g/mol. The van der Waals surface area contributed by atoms with Crippen molar-refractivity contribution >= 4 is 17.5 Å². The van der Waals surface area contributed by atoms with Gasteiger partial charge in [0.25, 0.3) is 0 Å². The van der Waals surface area contributed by atoms with Crippen molar-refractivity contribution in [1.82, 2.24) is 4.90 Å². The third kappa shape index (κ3) is 4.40. The van der Waals surface area contributed by atoms with Crippen LogP contribution in [0.4, 0.5) is 5.69 Å². The smallest absolute Gasteiger partial charge is 0.242 e. The molecule has 1 aromatic rings. The van der Waals surface area contributed by atoms with Crippen molar-refractivity contribution in [2.45, 2.75) is 32.6 Å². The molecule has 0 unspecified atom stereocenters. The summed E-state index contributed by atoms with van der Waals surface area (Å²) in [5.74, 6) is 0.930. The summed E-state index contributed by atoms with van der Waals surface area (Å²) in [4.78, 5) is 28.0. The average molecular weight is 334 g/mol. The van der Waals surface area contributed by atoms with Crippen LogP contribution in [0.1, 0.15) is 32.6 Å². The number of ether oxygens (including phenoxy) is 2. The summed E-state index contributed by atoms with van der Waals surface area (Å²) in [6.45, 7) is 3.06. The van der Waals surface area contributed by atoms with Crippen molar-refractivity contribution in [2.24, 2.45) is 0 Å². The molecule has 6 nitrogen and oxygen atoms in total. The summed E-state index contributed by atoms with van der Waals surface area (Å²) in [6, 6.07) is 5.22. The summed E-state index contributed by atoms with van der Waals surface area (Å²) >= 11 is 0. The van der Waals surface area contributed by atoms with Crippen LogP contribution in [0.2, 0.25) is 0 Å². The van der Waals surface area contributed by atoms with Gasteiger partial charge in [-0.1, -0.05) is 12.8 Å². The average Bonchev–Trinajstić information content (AvgIpc) is 2.88. The van der Waals surface area contributed by atoms with Crippen molar-refractivity contribution in [3.8, 4) is 11.5 Å². The lowest BCUT2D eigenvalue weighted by Gasteiger charge is -2.26. The molecule has 1 aromatic carbocycles. The van der Waals surface area contributed by atoms with E-state index in [9.17, 15) is 9.59 Å².